The molecule has 0 bridgehead atoms. The fraction of sp³-hybridized carbons (Fsp3) is 0.417. The van der Waals surface area contributed by atoms with Gasteiger partial charge in [0.15, 0.2) is 0 Å². The van der Waals surface area contributed by atoms with Crippen molar-refractivity contribution in [2.24, 2.45) is 0 Å². The zero-order chi connectivity index (χ0) is 9.76. The fourth-order valence-electron chi connectivity index (χ4n) is 2.52. The number of carbonyl (C=O) groups is 1. The Hall–Kier alpha value is -1.18. The van der Waals surface area contributed by atoms with Crippen molar-refractivity contribution in [1.82, 2.24) is 0 Å². The highest BCUT2D eigenvalue weighted by Gasteiger charge is 2.53. The molecule has 0 radical (unpaired) electrons. The Bertz CT molecular complexity index is 418. The number of ketones is 1. The maximum absolute atomic E-state index is 13.1. The summed E-state index contributed by atoms with van der Waals surface area (Å²) < 4.78 is 13.1. The van der Waals surface area contributed by atoms with Gasteiger partial charge < -0.3 is 0 Å². The van der Waals surface area contributed by atoms with Crippen molar-refractivity contribution in [2.45, 2.75) is 31.1 Å². The maximum Gasteiger partial charge on any atom is 0.143 e. The van der Waals surface area contributed by atoms with Gasteiger partial charge in [0.05, 0.1) is 5.41 Å². The van der Waals surface area contributed by atoms with Crippen molar-refractivity contribution in [3.05, 3.63) is 35.1 Å². The smallest absolute Gasteiger partial charge is 0.143 e. The van der Waals surface area contributed by atoms with Crippen molar-refractivity contribution in [3.8, 4) is 0 Å². The Morgan fingerprint density at radius 1 is 1.21 bits per heavy atom. The Labute approximate surface area is 81.9 Å². The van der Waals surface area contributed by atoms with Crippen molar-refractivity contribution < 1.29 is 9.18 Å². The minimum absolute atomic E-state index is 0.218. The number of fused-ring (bicyclic) bond motifs is 2. The summed E-state index contributed by atoms with van der Waals surface area (Å²) >= 11 is 0. The lowest BCUT2D eigenvalue weighted by Gasteiger charge is -2.23. The van der Waals surface area contributed by atoms with E-state index in [0.29, 0.717) is 12.2 Å². The van der Waals surface area contributed by atoms with Gasteiger partial charge in [-0.25, -0.2) is 4.39 Å². The number of halogens is 1. The second kappa shape index (κ2) is 2.44. The van der Waals surface area contributed by atoms with Crippen LogP contribution in [0.15, 0.2) is 18.2 Å². The van der Waals surface area contributed by atoms with Crippen LogP contribution in [0.5, 0.6) is 0 Å². The van der Waals surface area contributed by atoms with Crippen LogP contribution in [0, 0.1) is 5.82 Å². The summed E-state index contributed by atoms with van der Waals surface area (Å²) in [6, 6.07) is 4.88. The van der Waals surface area contributed by atoms with E-state index >= 15 is 0 Å². The summed E-state index contributed by atoms with van der Waals surface area (Å²) in [5.41, 5.74) is 1.87. The molecule has 1 saturated carbocycles. The second-order valence-electron chi connectivity index (χ2n) is 4.31. The first-order chi connectivity index (χ1) is 6.72. The summed E-state index contributed by atoms with van der Waals surface area (Å²) in [6.07, 6.45) is 3.26. The second-order valence-corrected chi connectivity index (χ2v) is 4.31. The molecule has 0 aliphatic heterocycles. The van der Waals surface area contributed by atoms with Gasteiger partial charge in [0.25, 0.3) is 0 Å². The molecule has 0 N–H and O–H groups in total. The minimum Gasteiger partial charge on any atom is -0.299 e. The summed E-state index contributed by atoms with van der Waals surface area (Å²) in [5, 5.41) is 0. The summed E-state index contributed by atoms with van der Waals surface area (Å²) in [7, 11) is 0. The van der Waals surface area contributed by atoms with Crippen molar-refractivity contribution in [3.63, 3.8) is 0 Å². The van der Waals surface area contributed by atoms with E-state index < -0.39 is 0 Å². The zero-order valence-corrected chi connectivity index (χ0v) is 7.85. The SMILES string of the molecule is O=C1CCc2ccc(F)cc2C12CC2. The molecule has 1 nitrogen and oxygen atoms in total. The van der Waals surface area contributed by atoms with Gasteiger partial charge in [0.1, 0.15) is 11.6 Å². The van der Waals surface area contributed by atoms with E-state index in [1.54, 1.807) is 6.07 Å². The van der Waals surface area contributed by atoms with Crippen LogP contribution in [0.3, 0.4) is 0 Å². The molecule has 0 atom stereocenters. The number of hydrogen-bond donors (Lipinski definition) is 0. The van der Waals surface area contributed by atoms with Gasteiger partial charge in [0.2, 0.25) is 0 Å². The summed E-state index contributed by atoms with van der Waals surface area (Å²) in [6.45, 7) is 0. The molecule has 2 aliphatic rings. The molecular formula is C12H11FO. The molecule has 72 valence electrons. The fourth-order valence-corrected chi connectivity index (χ4v) is 2.52. The quantitative estimate of drug-likeness (QED) is 0.613. The van der Waals surface area contributed by atoms with E-state index in [2.05, 4.69) is 0 Å². The van der Waals surface area contributed by atoms with E-state index in [4.69, 9.17) is 0 Å². The predicted octanol–water partition coefficient (Wildman–Crippen LogP) is 2.37. The minimum atomic E-state index is -0.268. The molecule has 0 unspecified atom stereocenters. The Balaban J connectivity index is 2.20. The monoisotopic (exact) mass is 190 g/mol. The average molecular weight is 190 g/mol. The first-order valence-corrected chi connectivity index (χ1v) is 5.05. The highest BCUT2D eigenvalue weighted by atomic mass is 19.1. The van der Waals surface area contributed by atoms with Crippen LogP contribution < -0.4 is 0 Å². The van der Waals surface area contributed by atoms with E-state index in [1.807, 2.05) is 6.07 Å². The number of Topliss-reactive ketones (excluding diaryl/α,β-unsaturated/α-hetero) is 1. The topological polar surface area (TPSA) is 17.1 Å². The van der Waals surface area contributed by atoms with E-state index in [-0.39, 0.29) is 11.2 Å². The highest BCUT2D eigenvalue weighted by Crippen LogP contribution is 2.53. The molecule has 1 aromatic carbocycles. The highest BCUT2D eigenvalue weighted by molar-refractivity contribution is 5.95. The van der Waals surface area contributed by atoms with Crippen LogP contribution in [-0.2, 0) is 16.6 Å². The third-order valence-corrected chi connectivity index (χ3v) is 3.49. The van der Waals surface area contributed by atoms with E-state index in [1.165, 1.54) is 11.6 Å². The molecule has 0 amide bonds. The summed E-state index contributed by atoms with van der Waals surface area (Å²) in [5.74, 6) is 0.0975. The molecule has 0 saturated heterocycles. The Kier molecular flexibility index (Phi) is 1.42. The number of hydrogen-bond acceptors (Lipinski definition) is 1. The zero-order valence-electron chi connectivity index (χ0n) is 7.85. The first kappa shape index (κ1) is 8.16. The molecule has 1 spiro atoms. The lowest BCUT2D eigenvalue weighted by molar-refractivity contribution is -0.121. The number of carbonyl (C=O) groups excluding carboxylic acids is 1. The lowest BCUT2D eigenvalue weighted by atomic mass is 9.79. The molecule has 1 fully saturated rings. The van der Waals surface area contributed by atoms with Gasteiger partial charge >= 0.3 is 0 Å². The van der Waals surface area contributed by atoms with Crippen LogP contribution >= 0.6 is 0 Å². The largest absolute Gasteiger partial charge is 0.299 e. The predicted molar refractivity (Wildman–Crippen MR) is 50.6 cm³/mol. The normalized spacial score (nSPS) is 22.2. The Morgan fingerprint density at radius 3 is 2.71 bits per heavy atom. The third-order valence-electron chi connectivity index (χ3n) is 3.49. The lowest BCUT2D eigenvalue weighted by Crippen LogP contribution is -2.27. The van der Waals surface area contributed by atoms with Gasteiger partial charge in [-0.1, -0.05) is 6.07 Å². The number of aryl methyl sites for hydroxylation is 1. The van der Waals surface area contributed by atoms with Gasteiger partial charge in [-0.15, -0.1) is 0 Å². The molecule has 0 heterocycles. The van der Waals surface area contributed by atoms with Crippen molar-refractivity contribution >= 4 is 5.78 Å². The van der Waals surface area contributed by atoms with Crippen molar-refractivity contribution in [1.29, 1.82) is 0 Å². The molecule has 2 aliphatic carbocycles. The van der Waals surface area contributed by atoms with Crippen LogP contribution in [0.4, 0.5) is 4.39 Å². The van der Waals surface area contributed by atoms with Gasteiger partial charge in [-0.3, -0.25) is 4.79 Å². The van der Waals surface area contributed by atoms with Crippen LogP contribution in [0.2, 0.25) is 0 Å². The van der Waals surface area contributed by atoms with Crippen molar-refractivity contribution in [2.75, 3.05) is 0 Å². The molecule has 1 aromatic rings. The van der Waals surface area contributed by atoms with E-state index in [9.17, 15) is 9.18 Å². The van der Waals surface area contributed by atoms with Gasteiger partial charge in [-0.2, -0.15) is 0 Å². The molecule has 14 heavy (non-hydrogen) atoms. The third kappa shape index (κ3) is 0.912. The van der Waals surface area contributed by atoms with Crippen LogP contribution in [-0.4, -0.2) is 5.78 Å². The van der Waals surface area contributed by atoms with Crippen LogP contribution in [0.25, 0.3) is 0 Å². The summed E-state index contributed by atoms with van der Waals surface area (Å²) in [4.78, 5) is 11.7. The first-order valence-electron chi connectivity index (χ1n) is 5.05. The molecule has 0 aromatic heterocycles. The van der Waals surface area contributed by atoms with Crippen LogP contribution in [0.1, 0.15) is 30.4 Å². The molecule has 2 heteroatoms. The van der Waals surface area contributed by atoms with Gasteiger partial charge in [0, 0.05) is 6.42 Å². The number of rotatable bonds is 0. The number of benzene rings is 1. The average Bonchev–Trinajstić information content (AvgIpc) is 2.94. The standard InChI is InChI=1S/C12H11FO/c13-9-3-1-8-2-4-11(14)12(5-6-12)10(8)7-9/h1,3,7H,2,4-6H2. The Morgan fingerprint density at radius 2 is 2.00 bits per heavy atom. The van der Waals surface area contributed by atoms with E-state index in [0.717, 1.165) is 24.8 Å². The molecule has 3 rings (SSSR count). The van der Waals surface area contributed by atoms with Gasteiger partial charge in [-0.05, 0) is 42.5 Å². The maximum atomic E-state index is 13.1. The molecular weight excluding hydrogens is 179 g/mol.